The highest BCUT2D eigenvalue weighted by molar-refractivity contribution is 7.14. The third-order valence-corrected chi connectivity index (χ3v) is 3.36. The molecule has 1 N–H and O–H groups in total. The average molecular weight is 296 g/mol. The molecule has 0 aliphatic heterocycles. The van der Waals surface area contributed by atoms with Gasteiger partial charge in [0.1, 0.15) is 0 Å². The Morgan fingerprint density at radius 3 is 2.68 bits per heavy atom. The van der Waals surface area contributed by atoms with Gasteiger partial charge in [-0.3, -0.25) is 4.79 Å². The molecular formula is C13H14ClN3OS. The van der Waals surface area contributed by atoms with Crippen molar-refractivity contribution in [1.82, 2.24) is 9.88 Å². The van der Waals surface area contributed by atoms with Crippen molar-refractivity contribution < 1.29 is 4.79 Å². The number of nitrogens with zero attached hydrogens (tertiary/aromatic N) is 2. The number of benzene rings is 1. The van der Waals surface area contributed by atoms with Gasteiger partial charge in [0.25, 0.3) is 0 Å². The number of aromatic nitrogens is 1. The summed E-state index contributed by atoms with van der Waals surface area (Å²) >= 11 is 7.25. The van der Waals surface area contributed by atoms with E-state index >= 15 is 0 Å². The van der Waals surface area contributed by atoms with Crippen LogP contribution < -0.4 is 5.32 Å². The Kier molecular flexibility index (Phi) is 4.52. The molecule has 0 spiro atoms. The highest BCUT2D eigenvalue weighted by atomic mass is 35.5. The number of anilines is 1. The molecule has 1 amide bonds. The van der Waals surface area contributed by atoms with Gasteiger partial charge in [-0.2, -0.15) is 0 Å². The molecule has 1 aromatic heterocycles. The van der Waals surface area contributed by atoms with Crippen LogP contribution in [-0.2, 0) is 4.79 Å². The molecule has 1 heterocycles. The largest absolute Gasteiger partial charge is 0.301 e. The summed E-state index contributed by atoms with van der Waals surface area (Å²) in [5, 5.41) is 5.99. The summed E-state index contributed by atoms with van der Waals surface area (Å²) in [6, 6.07) is 7.45. The van der Waals surface area contributed by atoms with Crippen molar-refractivity contribution in [3.63, 3.8) is 0 Å². The highest BCUT2D eigenvalue weighted by Crippen LogP contribution is 2.25. The van der Waals surface area contributed by atoms with Crippen molar-refractivity contribution in [2.45, 2.75) is 0 Å². The predicted octanol–water partition coefficient (Wildman–Crippen LogP) is 2.96. The number of rotatable bonds is 4. The molecule has 100 valence electrons. The molecule has 2 rings (SSSR count). The summed E-state index contributed by atoms with van der Waals surface area (Å²) in [4.78, 5) is 17.8. The molecule has 6 heteroatoms. The van der Waals surface area contributed by atoms with E-state index in [9.17, 15) is 4.79 Å². The van der Waals surface area contributed by atoms with Crippen molar-refractivity contribution in [1.29, 1.82) is 0 Å². The number of thiazole rings is 1. The van der Waals surface area contributed by atoms with Gasteiger partial charge < -0.3 is 10.2 Å². The maximum absolute atomic E-state index is 11.6. The zero-order valence-electron chi connectivity index (χ0n) is 10.7. The molecule has 0 unspecified atom stereocenters. The van der Waals surface area contributed by atoms with Gasteiger partial charge >= 0.3 is 0 Å². The minimum atomic E-state index is -0.0676. The van der Waals surface area contributed by atoms with Crippen LogP contribution >= 0.6 is 22.9 Å². The molecule has 0 aliphatic carbocycles. The lowest BCUT2D eigenvalue weighted by Crippen LogP contribution is -2.26. The third kappa shape index (κ3) is 4.02. The normalized spacial score (nSPS) is 10.7. The molecule has 0 saturated carbocycles. The molecule has 0 radical (unpaired) electrons. The number of carbonyl (C=O) groups excluding carboxylic acids is 1. The van der Waals surface area contributed by atoms with Gasteiger partial charge in [0, 0.05) is 16.0 Å². The second-order valence-electron chi connectivity index (χ2n) is 4.33. The molecule has 0 aliphatic rings. The van der Waals surface area contributed by atoms with E-state index in [4.69, 9.17) is 11.6 Å². The second kappa shape index (κ2) is 6.14. The number of amides is 1. The monoisotopic (exact) mass is 295 g/mol. The lowest BCUT2D eigenvalue weighted by molar-refractivity contribution is -0.116. The van der Waals surface area contributed by atoms with Gasteiger partial charge in [0.05, 0.1) is 12.2 Å². The van der Waals surface area contributed by atoms with E-state index < -0.39 is 0 Å². The van der Waals surface area contributed by atoms with E-state index in [2.05, 4.69) is 10.3 Å². The summed E-state index contributed by atoms with van der Waals surface area (Å²) in [6.07, 6.45) is 0. The van der Waals surface area contributed by atoms with Gasteiger partial charge in [-0.25, -0.2) is 4.98 Å². The summed E-state index contributed by atoms with van der Waals surface area (Å²) in [5.74, 6) is -0.0676. The Labute approximate surface area is 121 Å². The molecule has 0 bridgehead atoms. The Morgan fingerprint density at radius 2 is 2.05 bits per heavy atom. The van der Waals surface area contributed by atoms with Crippen LogP contribution in [-0.4, -0.2) is 36.4 Å². The fourth-order valence-electron chi connectivity index (χ4n) is 1.53. The van der Waals surface area contributed by atoms with Crippen LogP contribution in [0.25, 0.3) is 11.3 Å². The lowest BCUT2D eigenvalue weighted by Gasteiger charge is -2.07. The maximum atomic E-state index is 11.6. The summed E-state index contributed by atoms with van der Waals surface area (Å²) in [5.41, 5.74) is 1.82. The smallest absolute Gasteiger partial charge is 0.240 e. The Balaban J connectivity index is 2.07. The zero-order valence-corrected chi connectivity index (χ0v) is 12.3. The van der Waals surface area contributed by atoms with Crippen molar-refractivity contribution in [2.24, 2.45) is 0 Å². The van der Waals surface area contributed by atoms with Gasteiger partial charge in [-0.05, 0) is 26.2 Å². The van der Waals surface area contributed by atoms with Crippen LogP contribution in [0.1, 0.15) is 0 Å². The second-order valence-corrected chi connectivity index (χ2v) is 5.63. The topological polar surface area (TPSA) is 45.2 Å². The molecule has 0 saturated heterocycles. The van der Waals surface area contributed by atoms with Crippen molar-refractivity contribution in [3.05, 3.63) is 34.7 Å². The first kappa shape index (κ1) is 14.0. The van der Waals surface area contributed by atoms with E-state index in [1.165, 1.54) is 11.3 Å². The first-order valence-corrected chi connectivity index (χ1v) is 6.96. The first-order valence-electron chi connectivity index (χ1n) is 5.70. The van der Waals surface area contributed by atoms with Crippen LogP contribution in [0.5, 0.6) is 0 Å². The Morgan fingerprint density at radius 1 is 1.37 bits per heavy atom. The molecular weight excluding hydrogens is 282 g/mol. The number of hydrogen-bond donors (Lipinski definition) is 1. The van der Waals surface area contributed by atoms with E-state index in [1.54, 1.807) is 0 Å². The maximum Gasteiger partial charge on any atom is 0.240 e. The number of hydrogen-bond acceptors (Lipinski definition) is 4. The number of likely N-dealkylation sites (N-methyl/N-ethyl adjacent to an activating group) is 1. The van der Waals surface area contributed by atoms with Gasteiger partial charge in [0.15, 0.2) is 5.13 Å². The predicted molar refractivity (Wildman–Crippen MR) is 79.7 cm³/mol. The minimum Gasteiger partial charge on any atom is -0.301 e. The molecule has 4 nitrogen and oxygen atoms in total. The van der Waals surface area contributed by atoms with Crippen LogP contribution in [0.2, 0.25) is 5.02 Å². The van der Waals surface area contributed by atoms with Crippen molar-refractivity contribution >= 4 is 34.0 Å². The molecule has 1 aromatic carbocycles. The summed E-state index contributed by atoms with van der Waals surface area (Å²) in [6.45, 7) is 0.343. The fraction of sp³-hybridized carbons (Fsp3) is 0.231. The fourth-order valence-corrected chi connectivity index (χ4v) is 2.39. The van der Waals surface area contributed by atoms with Crippen LogP contribution in [0.15, 0.2) is 29.6 Å². The van der Waals surface area contributed by atoms with Gasteiger partial charge in [0.2, 0.25) is 5.91 Å². The Hall–Kier alpha value is -1.43. The molecule has 19 heavy (non-hydrogen) atoms. The highest BCUT2D eigenvalue weighted by Gasteiger charge is 2.08. The Bertz CT molecular complexity index is 566. The van der Waals surface area contributed by atoms with E-state index in [1.807, 2.05) is 48.6 Å². The SMILES string of the molecule is CN(C)CC(=O)Nc1nc(-c2ccc(Cl)cc2)cs1. The van der Waals surface area contributed by atoms with Gasteiger partial charge in [-0.15, -0.1) is 11.3 Å². The van der Waals surface area contributed by atoms with E-state index in [0.29, 0.717) is 16.7 Å². The van der Waals surface area contributed by atoms with Gasteiger partial charge in [-0.1, -0.05) is 23.7 Å². The van der Waals surface area contributed by atoms with E-state index in [-0.39, 0.29) is 5.91 Å². The van der Waals surface area contributed by atoms with Crippen molar-refractivity contribution in [2.75, 3.05) is 26.0 Å². The standard InChI is InChI=1S/C13H14ClN3OS/c1-17(2)7-12(18)16-13-15-11(8-19-13)9-3-5-10(14)6-4-9/h3-6,8H,7H2,1-2H3,(H,15,16,18). The van der Waals surface area contributed by atoms with Crippen LogP contribution in [0.3, 0.4) is 0 Å². The minimum absolute atomic E-state index is 0.0676. The lowest BCUT2D eigenvalue weighted by atomic mass is 10.2. The van der Waals surface area contributed by atoms with Crippen molar-refractivity contribution in [3.8, 4) is 11.3 Å². The first-order chi connectivity index (χ1) is 9.04. The number of carbonyl (C=O) groups is 1. The quantitative estimate of drug-likeness (QED) is 0.943. The molecule has 0 fully saturated rings. The average Bonchev–Trinajstić information content (AvgIpc) is 2.77. The summed E-state index contributed by atoms with van der Waals surface area (Å²) < 4.78 is 0. The molecule has 0 atom stereocenters. The van der Waals surface area contributed by atoms with Crippen LogP contribution in [0.4, 0.5) is 5.13 Å². The summed E-state index contributed by atoms with van der Waals surface area (Å²) in [7, 11) is 3.70. The number of nitrogens with one attached hydrogen (secondary N) is 1. The van der Waals surface area contributed by atoms with E-state index in [0.717, 1.165) is 11.3 Å². The number of halogens is 1. The molecule has 2 aromatic rings. The van der Waals surface area contributed by atoms with Crippen LogP contribution in [0, 0.1) is 0 Å². The zero-order chi connectivity index (χ0) is 13.8. The third-order valence-electron chi connectivity index (χ3n) is 2.35.